The van der Waals surface area contributed by atoms with Gasteiger partial charge in [0, 0.05) is 19.5 Å². The van der Waals surface area contributed by atoms with Crippen molar-refractivity contribution in [2.24, 2.45) is 0 Å². The summed E-state index contributed by atoms with van der Waals surface area (Å²) in [5.41, 5.74) is 1.84. The third kappa shape index (κ3) is 3.45. The van der Waals surface area contributed by atoms with E-state index in [4.69, 9.17) is 5.26 Å². The predicted molar refractivity (Wildman–Crippen MR) is 79.7 cm³/mol. The number of fused-ring (bicyclic) bond motifs is 1. The molecule has 2 aromatic rings. The van der Waals surface area contributed by atoms with E-state index in [-0.39, 0.29) is 11.5 Å². The molecule has 1 aromatic heterocycles. The highest BCUT2D eigenvalue weighted by atomic mass is 16.2. The molecule has 5 nitrogen and oxygen atoms in total. The summed E-state index contributed by atoms with van der Waals surface area (Å²) in [5, 5.41) is 16.7. The van der Waals surface area contributed by atoms with E-state index < -0.39 is 0 Å². The minimum absolute atomic E-state index is 0.114. The van der Waals surface area contributed by atoms with Crippen LogP contribution in [0.1, 0.15) is 19.4 Å². The fourth-order valence-electron chi connectivity index (χ4n) is 1.60. The highest BCUT2D eigenvalue weighted by Gasteiger charge is 2.10. The van der Waals surface area contributed by atoms with E-state index in [1.165, 1.54) is 4.90 Å². The van der Waals surface area contributed by atoms with Crippen molar-refractivity contribution in [1.29, 1.82) is 5.26 Å². The number of hydrogen-bond acceptors (Lipinski definition) is 3. The number of rotatable bonds is 2. The molecule has 0 saturated carbocycles. The number of aromatic amines is 1. The minimum atomic E-state index is -0.301. The number of amides is 1. The maximum Gasteiger partial charge on any atom is 0.264 e. The minimum Gasteiger partial charge on any atom is -0.344 e. The van der Waals surface area contributed by atoms with Crippen LogP contribution in [0.4, 0.5) is 0 Å². The average molecular weight is 270 g/mol. The number of H-pyrrole nitrogens is 1. The first-order chi connectivity index (χ1) is 9.61. The van der Waals surface area contributed by atoms with Crippen LogP contribution in [0.15, 0.2) is 30.0 Å². The van der Waals surface area contributed by atoms with Crippen LogP contribution in [0.3, 0.4) is 0 Å². The molecule has 0 aliphatic rings. The molecule has 1 heterocycles. The molecule has 2 rings (SSSR count). The summed E-state index contributed by atoms with van der Waals surface area (Å²) in [6, 6.07) is 7.49. The van der Waals surface area contributed by atoms with Crippen LogP contribution in [0, 0.1) is 11.3 Å². The quantitative estimate of drug-likeness (QED) is 0.673. The number of nitrogens with zero attached hydrogens (tertiary/aromatic N) is 3. The molecule has 0 unspecified atom stereocenters. The molecule has 0 aliphatic heterocycles. The molecule has 0 spiro atoms. The summed E-state index contributed by atoms with van der Waals surface area (Å²) >= 11 is 0. The lowest BCUT2D eigenvalue weighted by Crippen LogP contribution is -2.22. The van der Waals surface area contributed by atoms with E-state index in [9.17, 15) is 4.79 Å². The fourth-order valence-corrected chi connectivity index (χ4v) is 1.60. The van der Waals surface area contributed by atoms with Gasteiger partial charge in [-0.05, 0) is 23.8 Å². The van der Waals surface area contributed by atoms with Gasteiger partial charge in [0.15, 0.2) is 0 Å². The maximum absolute atomic E-state index is 11.7. The van der Waals surface area contributed by atoms with Crippen LogP contribution in [-0.4, -0.2) is 35.1 Å². The van der Waals surface area contributed by atoms with Gasteiger partial charge in [-0.25, -0.2) is 0 Å². The second-order valence-corrected chi connectivity index (χ2v) is 4.09. The van der Waals surface area contributed by atoms with Crippen molar-refractivity contribution < 1.29 is 4.79 Å². The smallest absolute Gasteiger partial charge is 0.264 e. The molecular weight excluding hydrogens is 252 g/mol. The van der Waals surface area contributed by atoms with Crippen LogP contribution in [0.25, 0.3) is 17.0 Å². The van der Waals surface area contributed by atoms with Crippen LogP contribution in [-0.2, 0) is 4.79 Å². The van der Waals surface area contributed by atoms with E-state index in [1.807, 2.05) is 38.1 Å². The van der Waals surface area contributed by atoms with Crippen molar-refractivity contribution in [3.63, 3.8) is 0 Å². The van der Waals surface area contributed by atoms with Crippen molar-refractivity contribution in [3.05, 3.63) is 35.5 Å². The monoisotopic (exact) mass is 270 g/mol. The lowest BCUT2D eigenvalue weighted by molar-refractivity contribution is -0.124. The molecule has 0 bridgehead atoms. The molecular formula is C15H18N4O. The molecule has 1 amide bonds. The van der Waals surface area contributed by atoms with Gasteiger partial charge >= 0.3 is 0 Å². The second-order valence-electron chi connectivity index (χ2n) is 4.09. The molecule has 0 aliphatic carbocycles. The van der Waals surface area contributed by atoms with Gasteiger partial charge in [0.25, 0.3) is 5.91 Å². The summed E-state index contributed by atoms with van der Waals surface area (Å²) in [4.78, 5) is 13.1. The van der Waals surface area contributed by atoms with E-state index >= 15 is 0 Å². The Labute approximate surface area is 118 Å². The van der Waals surface area contributed by atoms with Crippen molar-refractivity contribution >= 4 is 22.9 Å². The standard InChI is InChI=1S/C13H12N4O.C2H6/c1-17(2)13(18)10(7-14)5-9-3-4-12-11(6-9)8-15-16-12;1-2/h3-6,8H,1-2H3,(H,15,16);1-2H3/b10-5+;. The molecule has 0 atom stereocenters. The van der Waals surface area contributed by atoms with Crippen molar-refractivity contribution in [2.75, 3.05) is 14.1 Å². The predicted octanol–water partition coefficient (Wildman–Crippen LogP) is 2.58. The first-order valence-corrected chi connectivity index (χ1v) is 6.38. The molecule has 20 heavy (non-hydrogen) atoms. The van der Waals surface area contributed by atoms with Crippen molar-refractivity contribution in [2.45, 2.75) is 13.8 Å². The van der Waals surface area contributed by atoms with E-state index in [0.717, 1.165) is 16.5 Å². The van der Waals surface area contributed by atoms with Crippen LogP contribution in [0.2, 0.25) is 0 Å². The van der Waals surface area contributed by atoms with Gasteiger partial charge in [-0.15, -0.1) is 0 Å². The van der Waals surface area contributed by atoms with Gasteiger partial charge in [-0.1, -0.05) is 19.9 Å². The first kappa shape index (κ1) is 15.4. The summed E-state index contributed by atoms with van der Waals surface area (Å²) in [7, 11) is 3.24. The number of likely N-dealkylation sites (N-methyl/N-ethyl adjacent to an activating group) is 1. The number of aromatic nitrogens is 2. The van der Waals surface area contributed by atoms with Crippen LogP contribution < -0.4 is 0 Å². The maximum atomic E-state index is 11.7. The molecule has 0 saturated heterocycles. The van der Waals surface area contributed by atoms with Gasteiger partial charge in [0.05, 0.1) is 11.7 Å². The Balaban J connectivity index is 0.000000956. The summed E-state index contributed by atoms with van der Waals surface area (Å²) < 4.78 is 0. The third-order valence-electron chi connectivity index (χ3n) is 2.53. The van der Waals surface area contributed by atoms with E-state index in [1.54, 1.807) is 26.4 Å². The van der Waals surface area contributed by atoms with E-state index in [2.05, 4.69) is 10.2 Å². The molecule has 1 aromatic carbocycles. The Morgan fingerprint density at radius 3 is 2.70 bits per heavy atom. The molecule has 0 radical (unpaired) electrons. The number of carbonyl (C=O) groups excluding carboxylic acids is 1. The Bertz CT molecular complexity index is 662. The normalized spacial score (nSPS) is 10.4. The lowest BCUT2D eigenvalue weighted by Gasteiger charge is -2.08. The van der Waals surface area contributed by atoms with Gasteiger partial charge in [0.1, 0.15) is 11.6 Å². The molecule has 5 heteroatoms. The summed E-state index contributed by atoms with van der Waals surface area (Å²) in [6.45, 7) is 4.00. The SMILES string of the molecule is CC.CN(C)C(=O)/C(C#N)=C/c1ccc2[nH]ncc2c1. The lowest BCUT2D eigenvalue weighted by atomic mass is 10.1. The van der Waals surface area contributed by atoms with Crippen molar-refractivity contribution in [3.8, 4) is 6.07 Å². The first-order valence-electron chi connectivity index (χ1n) is 6.38. The Hall–Kier alpha value is -2.61. The Kier molecular flexibility index (Phi) is 5.48. The third-order valence-corrected chi connectivity index (χ3v) is 2.53. The summed E-state index contributed by atoms with van der Waals surface area (Å²) in [6.07, 6.45) is 3.28. The fraction of sp³-hybridized carbons (Fsp3) is 0.267. The number of nitriles is 1. The van der Waals surface area contributed by atoms with Gasteiger partial charge < -0.3 is 4.90 Å². The van der Waals surface area contributed by atoms with E-state index in [0.29, 0.717) is 0 Å². The zero-order valence-corrected chi connectivity index (χ0v) is 12.1. The Morgan fingerprint density at radius 2 is 2.10 bits per heavy atom. The topological polar surface area (TPSA) is 72.8 Å². The largest absolute Gasteiger partial charge is 0.344 e. The molecule has 0 fully saturated rings. The Morgan fingerprint density at radius 1 is 1.40 bits per heavy atom. The van der Waals surface area contributed by atoms with Gasteiger partial charge in [-0.2, -0.15) is 10.4 Å². The second kappa shape index (κ2) is 7.10. The summed E-state index contributed by atoms with van der Waals surface area (Å²) in [5.74, 6) is -0.301. The van der Waals surface area contributed by atoms with Crippen LogP contribution in [0.5, 0.6) is 0 Å². The molecule has 1 N–H and O–H groups in total. The van der Waals surface area contributed by atoms with Gasteiger partial charge in [-0.3, -0.25) is 9.89 Å². The van der Waals surface area contributed by atoms with Crippen LogP contribution >= 0.6 is 0 Å². The number of hydrogen-bond donors (Lipinski definition) is 1. The zero-order chi connectivity index (χ0) is 15.1. The molecule has 104 valence electrons. The number of carbonyl (C=O) groups is 1. The van der Waals surface area contributed by atoms with Crippen molar-refractivity contribution in [1.82, 2.24) is 15.1 Å². The average Bonchev–Trinajstić information content (AvgIpc) is 2.93. The zero-order valence-electron chi connectivity index (χ0n) is 12.1. The number of nitrogens with one attached hydrogen (secondary N) is 1. The van der Waals surface area contributed by atoms with Gasteiger partial charge in [0.2, 0.25) is 0 Å². The highest BCUT2D eigenvalue weighted by molar-refractivity contribution is 6.01. The highest BCUT2D eigenvalue weighted by Crippen LogP contribution is 2.15. The number of benzene rings is 1.